The number of ether oxygens (including phenoxy) is 1. The monoisotopic (exact) mass is 309 g/mol. The van der Waals surface area contributed by atoms with Gasteiger partial charge in [0.1, 0.15) is 0 Å². The van der Waals surface area contributed by atoms with Crippen molar-refractivity contribution in [3.63, 3.8) is 0 Å². The van der Waals surface area contributed by atoms with E-state index in [1.165, 1.54) is 0 Å². The first-order chi connectivity index (χ1) is 9.70. The van der Waals surface area contributed by atoms with Crippen LogP contribution in [0.1, 0.15) is 59.8 Å². The van der Waals surface area contributed by atoms with Gasteiger partial charge in [0.25, 0.3) is 0 Å². The van der Waals surface area contributed by atoms with E-state index in [1.54, 1.807) is 0 Å². The van der Waals surface area contributed by atoms with E-state index in [0.717, 1.165) is 32.7 Å². The predicted octanol–water partition coefficient (Wildman–Crippen LogP) is 4.54. The molecule has 1 atom stereocenters. The van der Waals surface area contributed by atoms with Gasteiger partial charge in [-0.2, -0.15) is 13.2 Å². The van der Waals surface area contributed by atoms with Crippen molar-refractivity contribution in [1.29, 1.82) is 0 Å². The lowest BCUT2D eigenvalue weighted by atomic mass is 9.74. The molecule has 1 saturated carbocycles. The van der Waals surface area contributed by atoms with Gasteiger partial charge in [-0.1, -0.05) is 20.8 Å². The van der Waals surface area contributed by atoms with Gasteiger partial charge in [-0.3, -0.25) is 0 Å². The summed E-state index contributed by atoms with van der Waals surface area (Å²) in [4.78, 5) is 0. The number of alkyl halides is 3. The summed E-state index contributed by atoms with van der Waals surface area (Å²) in [6.45, 7) is 8.88. The molecule has 21 heavy (non-hydrogen) atoms. The fourth-order valence-corrected chi connectivity index (χ4v) is 3.10. The molecule has 0 heterocycles. The Morgan fingerprint density at radius 2 is 1.76 bits per heavy atom. The summed E-state index contributed by atoms with van der Waals surface area (Å²) in [5.74, 6) is 1.20. The quantitative estimate of drug-likeness (QED) is 0.697. The van der Waals surface area contributed by atoms with E-state index < -0.39 is 17.9 Å². The topological polar surface area (TPSA) is 21.3 Å². The van der Waals surface area contributed by atoms with Crippen molar-refractivity contribution in [2.24, 2.45) is 11.8 Å². The third-order valence-corrected chi connectivity index (χ3v) is 4.65. The maximum Gasteiger partial charge on any atom is 0.414 e. The van der Waals surface area contributed by atoms with Crippen LogP contribution in [0, 0.1) is 11.8 Å². The Hall–Kier alpha value is -0.290. The van der Waals surface area contributed by atoms with Crippen LogP contribution >= 0.6 is 0 Å². The molecule has 1 rings (SSSR count). The number of hydrogen-bond acceptors (Lipinski definition) is 2. The molecule has 1 fully saturated rings. The average Bonchev–Trinajstić information content (AvgIpc) is 2.38. The highest BCUT2D eigenvalue weighted by molar-refractivity contribution is 4.91. The minimum Gasteiger partial charge on any atom is -0.361 e. The van der Waals surface area contributed by atoms with Crippen LogP contribution in [-0.4, -0.2) is 31.0 Å². The average molecular weight is 309 g/mol. The van der Waals surface area contributed by atoms with Crippen molar-refractivity contribution in [3.05, 3.63) is 0 Å². The molecular formula is C16H30F3NO. The lowest BCUT2D eigenvalue weighted by molar-refractivity contribution is -0.253. The highest BCUT2D eigenvalue weighted by Gasteiger charge is 2.45. The van der Waals surface area contributed by atoms with Crippen molar-refractivity contribution in [3.8, 4) is 0 Å². The molecule has 0 aromatic carbocycles. The lowest BCUT2D eigenvalue weighted by Gasteiger charge is -2.43. The van der Waals surface area contributed by atoms with E-state index in [-0.39, 0.29) is 0 Å². The van der Waals surface area contributed by atoms with Crippen LogP contribution in [0.15, 0.2) is 0 Å². The van der Waals surface area contributed by atoms with E-state index in [1.807, 2.05) is 0 Å². The second-order valence-electron chi connectivity index (χ2n) is 6.74. The normalized spacial score (nSPS) is 28.9. The Kier molecular flexibility index (Phi) is 6.98. The molecule has 5 heteroatoms. The van der Waals surface area contributed by atoms with E-state index in [9.17, 15) is 13.2 Å². The summed E-state index contributed by atoms with van der Waals surface area (Å²) in [7, 11) is 0. The van der Waals surface area contributed by atoms with Crippen molar-refractivity contribution < 1.29 is 17.9 Å². The SMILES string of the molecule is CCCNCC1(OC(C)C(F)(F)F)CCC(C(C)C)CC1. The summed E-state index contributed by atoms with van der Waals surface area (Å²) in [6.07, 6.45) is -1.67. The highest BCUT2D eigenvalue weighted by atomic mass is 19.4. The van der Waals surface area contributed by atoms with Gasteiger partial charge in [-0.15, -0.1) is 0 Å². The first-order valence-electron chi connectivity index (χ1n) is 8.15. The van der Waals surface area contributed by atoms with Crippen LogP contribution in [0.3, 0.4) is 0 Å². The Labute approximate surface area is 126 Å². The summed E-state index contributed by atoms with van der Waals surface area (Å²) < 4.78 is 44.0. The summed E-state index contributed by atoms with van der Waals surface area (Å²) in [5, 5.41) is 3.25. The Balaban J connectivity index is 2.68. The summed E-state index contributed by atoms with van der Waals surface area (Å²) in [6, 6.07) is 0. The summed E-state index contributed by atoms with van der Waals surface area (Å²) in [5.41, 5.74) is -0.657. The van der Waals surface area contributed by atoms with Crippen molar-refractivity contribution >= 4 is 0 Å². The van der Waals surface area contributed by atoms with Crippen molar-refractivity contribution in [2.75, 3.05) is 13.1 Å². The molecule has 0 aromatic heterocycles. The first-order valence-corrected chi connectivity index (χ1v) is 8.15. The smallest absolute Gasteiger partial charge is 0.361 e. The molecule has 2 nitrogen and oxygen atoms in total. The second kappa shape index (κ2) is 7.82. The van der Waals surface area contributed by atoms with Gasteiger partial charge in [0.15, 0.2) is 6.10 Å². The molecule has 0 saturated heterocycles. The van der Waals surface area contributed by atoms with E-state index in [0.29, 0.717) is 31.2 Å². The summed E-state index contributed by atoms with van der Waals surface area (Å²) >= 11 is 0. The van der Waals surface area contributed by atoms with Gasteiger partial charge >= 0.3 is 6.18 Å². The van der Waals surface area contributed by atoms with Gasteiger partial charge in [-0.25, -0.2) is 0 Å². The fourth-order valence-electron chi connectivity index (χ4n) is 3.10. The number of nitrogens with one attached hydrogen (secondary N) is 1. The molecule has 0 aromatic rings. The number of halogens is 3. The van der Waals surface area contributed by atoms with Crippen LogP contribution < -0.4 is 5.32 Å². The zero-order valence-electron chi connectivity index (χ0n) is 13.7. The molecule has 0 spiro atoms. The Morgan fingerprint density at radius 1 is 1.19 bits per heavy atom. The maximum absolute atomic E-state index is 12.8. The van der Waals surface area contributed by atoms with Gasteiger partial charge in [-0.05, 0) is 57.4 Å². The molecule has 0 bridgehead atoms. The highest BCUT2D eigenvalue weighted by Crippen LogP contribution is 2.40. The molecular weight excluding hydrogens is 279 g/mol. The predicted molar refractivity (Wildman–Crippen MR) is 79.3 cm³/mol. The van der Waals surface area contributed by atoms with E-state index >= 15 is 0 Å². The van der Waals surface area contributed by atoms with Crippen LogP contribution in [0.5, 0.6) is 0 Å². The molecule has 0 radical (unpaired) electrons. The van der Waals surface area contributed by atoms with Crippen LogP contribution in [0.2, 0.25) is 0 Å². The third-order valence-electron chi connectivity index (χ3n) is 4.65. The molecule has 1 N–H and O–H groups in total. The van der Waals surface area contributed by atoms with Gasteiger partial charge in [0, 0.05) is 6.54 Å². The minimum absolute atomic E-state index is 0.520. The van der Waals surface area contributed by atoms with Crippen molar-refractivity contribution in [2.45, 2.75) is 77.7 Å². The van der Waals surface area contributed by atoms with Crippen molar-refractivity contribution in [1.82, 2.24) is 5.32 Å². The minimum atomic E-state index is -4.29. The zero-order valence-corrected chi connectivity index (χ0v) is 13.7. The lowest BCUT2D eigenvalue weighted by Crippen LogP contribution is -2.50. The van der Waals surface area contributed by atoms with Crippen LogP contribution in [0.25, 0.3) is 0 Å². The largest absolute Gasteiger partial charge is 0.414 e. The zero-order chi connectivity index (χ0) is 16.1. The standard InChI is InChI=1S/C16H30F3NO/c1-5-10-20-11-15(21-13(4)16(17,18)19)8-6-14(7-9-15)12(2)3/h12-14,20H,5-11H2,1-4H3. The first kappa shape index (κ1) is 18.8. The second-order valence-corrected chi connectivity index (χ2v) is 6.74. The van der Waals surface area contributed by atoms with E-state index in [2.05, 4.69) is 26.1 Å². The molecule has 0 aliphatic heterocycles. The van der Waals surface area contributed by atoms with Crippen LogP contribution in [-0.2, 0) is 4.74 Å². The third kappa shape index (κ3) is 5.78. The molecule has 0 amide bonds. The molecule has 126 valence electrons. The van der Waals surface area contributed by atoms with Gasteiger partial charge in [0.2, 0.25) is 0 Å². The fraction of sp³-hybridized carbons (Fsp3) is 1.00. The van der Waals surface area contributed by atoms with Crippen LogP contribution in [0.4, 0.5) is 13.2 Å². The number of hydrogen-bond donors (Lipinski definition) is 1. The number of rotatable bonds is 7. The molecule has 1 unspecified atom stereocenters. The maximum atomic E-state index is 12.8. The molecule has 1 aliphatic rings. The Morgan fingerprint density at radius 3 is 2.19 bits per heavy atom. The van der Waals surface area contributed by atoms with Gasteiger partial charge < -0.3 is 10.1 Å². The Bertz CT molecular complexity index is 296. The molecule has 1 aliphatic carbocycles. The van der Waals surface area contributed by atoms with Gasteiger partial charge in [0.05, 0.1) is 5.60 Å². The van der Waals surface area contributed by atoms with E-state index in [4.69, 9.17) is 4.74 Å².